The van der Waals surface area contributed by atoms with E-state index in [-0.39, 0.29) is 6.04 Å². The summed E-state index contributed by atoms with van der Waals surface area (Å²) in [5.41, 5.74) is 3.29. The van der Waals surface area contributed by atoms with Crippen molar-refractivity contribution in [2.75, 3.05) is 11.4 Å². The molecule has 22 heavy (non-hydrogen) atoms. The highest BCUT2D eigenvalue weighted by Crippen LogP contribution is 2.35. The van der Waals surface area contributed by atoms with Gasteiger partial charge in [-0.05, 0) is 43.4 Å². The smallest absolute Gasteiger partial charge is 0.246 e. The van der Waals surface area contributed by atoms with Gasteiger partial charge in [0, 0.05) is 11.6 Å². The molecule has 5 heteroatoms. The highest BCUT2D eigenvalue weighted by atomic mass is 35.5. The lowest BCUT2D eigenvalue weighted by molar-refractivity contribution is 0.682. The quantitative estimate of drug-likeness (QED) is 0.855. The Kier molecular flexibility index (Phi) is 4.57. The van der Waals surface area contributed by atoms with Gasteiger partial charge in [0.15, 0.2) is 0 Å². The first-order valence-electron chi connectivity index (χ1n) is 7.97. The summed E-state index contributed by atoms with van der Waals surface area (Å²) in [5, 5.41) is 9.52. The third-order valence-corrected chi connectivity index (χ3v) is 4.48. The molecule has 4 nitrogen and oxygen atoms in total. The fraction of sp³-hybridized carbons (Fsp3) is 0.471. The van der Waals surface area contributed by atoms with Gasteiger partial charge < -0.3 is 4.90 Å². The Morgan fingerprint density at radius 3 is 2.73 bits per heavy atom. The lowest BCUT2D eigenvalue weighted by Gasteiger charge is -2.25. The zero-order chi connectivity index (χ0) is 15.5. The van der Waals surface area contributed by atoms with Crippen molar-refractivity contribution in [1.82, 2.24) is 15.2 Å². The summed E-state index contributed by atoms with van der Waals surface area (Å²) in [4.78, 5) is 7.02. The van der Waals surface area contributed by atoms with Crippen molar-refractivity contribution in [2.24, 2.45) is 0 Å². The molecule has 1 unspecified atom stereocenters. The van der Waals surface area contributed by atoms with E-state index in [2.05, 4.69) is 35.0 Å². The van der Waals surface area contributed by atoms with E-state index in [1.165, 1.54) is 5.56 Å². The molecular weight excluding hydrogens is 296 g/mol. The Morgan fingerprint density at radius 2 is 2.00 bits per heavy atom. The molecule has 1 aliphatic heterocycles. The van der Waals surface area contributed by atoms with Crippen LogP contribution >= 0.6 is 11.6 Å². The maximum Gasteiger partial charge on any atom is 0.246 e. The van der Waals surface area contributed by atoms with E-state index >= 15 is 0 Å². The number of hydrogen-bond acceptors (Lipinski definition) is 4. The van der Waals surface area contributed by atoms with Crippen LogP contribution in [-0.4, -0.2) is 21.7 Å². The number of aromatic nitrogens is 3. The fourth-order valence-corrected chi connectivity index (χ4v) is 3.32. The molecule has 2 aromatic rings. The maximum absolute atomic E-state index is 6.14. The summed E-state index contributed by atoms with van der Waals surface area (Å²) in [5.74, 6) is 0.747. The average molecular weight is 317 g/mol. The molecule has 0 radical (unpaired) electrons. The fourth-order valence-electron chi connectivity index (χ4n) is 3.12. The van der Waals surface area contributed by atoms with Crippen LogP contribution in [0.3, 0.4) is 0 Å². The van der Waals surface area contributed by atoms with Crippen LogP contribution in [0.2, 0.25) is 5.02 Å². The summed E-state index contributed by atoms with van der Waals surface area (Å²) in [6.07, 6.45) is 4.00. The highest BCUT2D eigenvalue weighted by molar-refractivity contribution is 6.30. The van der Waals surface area contributed by atoms with Crippen LogP contribution in [-0.2, 0) is 12.8 Å². The second-order valence-corrected chi connectivity index (χ2v) is 6.06. The van der Waals surface area contributed by atoms with Gasteiger partial charge in [-0.25, -0.2) is 4.98 Å². The van der Waals surface area contributed by atoms with Gasteiger partial charge in [0.2, 0.25) is 5.95 Å². The van der Waals surface area contributed by atoms with Crippen molar-refractivity contribution in [3.05, 3.63) is 46.2 Å². The SMILES string of the molecule is CCc1nnc(N2CCCC2c2cccc(Cl)c2)nc1CC. The van der Waals surface area contributed by atoms with Gasteiger partial charge >= 0.3 is 0 Å². The van der Waals surface area contributed by atoms with Gasteiger partial charge in [0.1, 0.15) is 0 Å². The molecule has 2 heterocycles. The number of rotatable bonds is 4. The molecule has 1 fully saturated rings. The van der Waals surface area contributed by atoms with E-state index in [0.29, 0.717) is 0 Å². The minimum Gasteiger partial charge on any atom is -0.332 e. The lowest BCUT2D eigenvalue weighted by atomic mass is 10.1. The monoisotopic (exact) mass is 316 g/mol. The van der Waals surface area contributed by atoms with Gasteiger partial charge in [-0.1, -0.05) is 37.6 Å². The summed E-state index contributed by atoms with van der Waals surface area (Å²) in [7, 11) is 0. The van der Waals surface area contributed by atoms with Crippen LogP contribution in [0.15, 0.2) is 24.3 Å². The molecule has 0 saturated carbocycles. The molecule has 1 aromatic heterocycles. The van der Waals surface area contributed by atoms with Crippen LogP contribution in [0.5, 0.6) is 0 Å². The molecule has 0 spiro atoms. The van der Waals surface area contributed by atoms with Crippen LogP contribution in [0.25, 0.3) is 0 Å². The molecule has 0 amide bonds. The van der Waals surface area contributed by atoms with Gasteiger partial charge in [0.05, 0.1) is 17.4 Å². The molecular formula is C17H21ClN4. The van der Waals surface area contributed by atoms with E-state index in [1.54, 1.807) is 0 Å². The van der Waals surface area contributed by atoms with Gasteiger partial charge in [-0.3, -0.25) is 0 Å². The molecule has 3 rings (SSSR count). The minimum absolute atomic E-state index is 0.290. The first-order valence-corrected chi connectivity index (χ1v) is 8.35. The number of benzene rings is 1. The Labute approximate surface area is 136 Å². The van der Waals surface area contributed by atoms with Crippen molar-refractivity contribution < 1.29 is 0 Å². The molecule has 1 aromatic carbocycles. The van der Waals surface area contributed by atoms with Crippen LogP contribution in [0.1, 0.15) is 49.7 Å². The van der Waals surface area contributed by atoms with E-state index in [0.717, 1.165) is 54.6 Å². The largest absolute Gasteiger partial charge is 0.332 e. The van der Waals surface area contributed by atoms with E-state index < -0.39 is 0 Å². The Balaban J connectivity index is 1.93. The first kappa shape index (κ1) is 15.2. The van der Waals surface area contributed by atoms with E-state index in [1.807, 2.05) is 18.2 Å². The van der Waals surface area contributed by atoms with Gasteiger partial charge in [-0.15, -0.1) is 5.10 Å². The highest BCUT2D eigenvalue weighted by Gasteiger charge is 2.28. The molecule has 1 aliphatic rings. The topological polar surface area (TPSA) is 41.9 Å². The summed E-state index contributed by atoms with van der Waals surface area (Å²) in [6.45, 7) is 5.17. The standard InChI is InChI=1S/C17H21ClN4/c1-3-14-15(4-2)20-21-17(19-14)22-10-6-9-16(22)12-7-5-8-13(18)11-12/h5,7-8,11,16H,3-4,6,9-10H2,1-2H3. The molecule has 0 aliphatic carbocycles. The van der Waals surface area contributed by atoms with Gasteiger partial charge in [-0.2, -0.15) is 5.10 Å². The molecule has 1 atom stereocenters. The Hall–Kier alpha value is -1.68. The summed E-state index contributed by atoms with van der Waals surface area (Å²) in [6, 6.07) is 8.37. The third-order valence-electron chi connectivity index (χ3n) is 4.24. The molecule has 0 bridgehead atoms. The minimum atomic E-state index is 0.290. The first-order chi connectivity index (χ1) is 10.7. The predicted molar refractivity (Wildman–Crippen MR) is 89.4 cm³/mol. The van der Waals surface area contributed by atoms with Crippen LogP contribution in [0, 0.1) is 0 Å². The number of aryl methyl sites for hydroxylation is 2. The van der Waals surface area contributed by atoms with E-state index in [9.17, 15) is 0 Å². The van der Waals surface area contributed by atoms with Crippen LogP contribution in [0.4, 0.5) is 5.95 Å². The second kappa shape index (κ2) is 6.61. The number of halogens is 1. The van der Waals surface area contributed by atoms with Crippen molar-refractivity contribution in [3.63, 3.8) is 0 Å². The van der Waals surface area contributed by atoms with Crippen molar-refractivity contribution >= 4 is 17.5 Å². The Bertz CT molecular complexity index is 659. The lowest BCUT2D eigenvalue weighted by Crippen LogP contribution is -2.26. The van der Waals surface area contributed by atoms with Crippen LogP contribution < -0.4 is 4.90 Å². The maximum atomic E-state index is 6.14. The predicted octanol–water partition coefficient (Wildman–Crippen LogP) is 3.99. The molecule has 116 valence electrons. The van der Waals surface area contributed by atoms with Crippen molar-refractivity contribution in [3.8, 4) is 0 Å². The average Bonchev–Trinajstić information content (AvgIpc) is 3.03. The zero-order valence-corrected chi connectivity index (χ0v) is 13.8. The summed E-state index contributed by atoms with van der Waals surface area (Å²) >= 11 is 6.14. The number of nitrogens with zero attached hydrogens (tertiary/aromatic N) is 4. The van der Waals surface area contributed by atoms with Crippen molar-refractivity contribution in [2.45, 2.75) is 45.6 Å². The number of anilines is 1. The zero-order valence-electron chi connectivity index (χ0n) is 13.1. The third kappa shape index (κ3) is 2.93. The normalized spacial score (nSPS) is 18.0. The number of hydrogen-bond donors (Lipinski definition) is 0. The van der Waals surface area contributed by atoms with Gasteiger partial charge in [0.25, 0.3) is 0 Å². The van der Waals surface area contributed by atoms with E-state index in [4.69, 9.17) is 16.6 Å². The summed E-state index contributed by atoms with van der Waals surface area (Å²) < 4.78 is 0. The Morgan fingerprint density at radius 1 is 1.18 bits per heavy atom. The van der Waals surface area contributed by atoms with Crippen molar-refractivity contribution in [1.29, 1.82) is 0 Å². The molecule has 0 N–H and O–H groups in total. The molecule has 1 saturated heterocycles. The second-order valence-electron chi connectivity index (χ2n) is 5.62.